The van der Waals surface area contributed by atoms with Gasteiger partial charge in [0.05, 0.1) is 58.8 Å². The molecule has 404 valence electrons. The summed E-state index contributed by atoms with van der Waals surface area (Å²) in [5.74, 6) is -1.56. The number of pyridine rings is 1. The van der Waals surface area contributed by atoms with Crippen LogP contribution in [0.5, 0.6) is 0 Å². The molecule has 6 bridgehead atoms. The molecule has 0 radical (unpaired) electrons. The van der Waals surface area contributed by atoms with Crippen LogP contribution in [0, 0.1) is 11.3 Å². The molecule has 5 amide bonds. The Bertz CT molecular complexity index is 2810. The van der Waals surface area contributed by atoms with Crippen LogP contribution in [-0.4, -0.2) is 172 Å². The number of hydrogen-bond acceptors (Lipinski definition) is 14. The molecule has 3 saturated heterocycles. The highest BCUT2D eigenvalue weighted by Crippen LogP contribution is 2.43. The van der Waals surface area contributed by atoms with Crippen molar-refractivity contribution in [2.75, 3.05) is 78.5 Å². The topological polar surface area (TPSA) is 178 Å². The van der Waals surface area contributed by atoms with Crippen LogP contribution in [0.2, 0.25) is 0 Å². The number of hydrazine groups is 1. The minimum atomic E-state index is -0.858. The predicted octanol–water partition coefficient (Wildman–Crippen LogP) is 6.54. The van der Waals surface area contributed by atoms with Gasteiger partial charge in [0.2, 0.25) is 5.91 Å². The average molecular weight is 1070 g/mol. The normalized spacial score (nSPS) is 23.2. The number of likely N-dealkylation sites (N-methyl/N-ethyl adjacent to an activating group) is 2. The number of esters is 1. The van der Waals surface area contributed by atoms with Crippen LogP contribution >= 0.6 is 23.3 Å². The summed E-state index contributed by atoms with van der Waals surface area (Å²) in [5, 5.41) is 4.44. The summed E-state index contributed by atoms with van der Waals surface area (Å²) in [5.41, 5.74) is 10.5. The molecule has 20 heteroatoms. The molecule has 5 aliphatic rings. The van der Waals surface area contributed by atoms with Crippen molar-refractivity contribution in [2.24, 2.45) is 11.3 Å². The van der Waals surface area contributed by atoms with Crippen molar-refractivity contribution in [3.05, 3.63) is 64.8 Å². The number of cyclic esters (lactones) is 1. The number of fused-ring (bicyclic) bond motifs is 7. The second kappa shape index (κ2) is 22.6. The number of carbonyl (C=O) groups excluding carboxylic acids is 5. The molecule has 75 heavy (non-hydrogen) atoms. The SMILES string of the molecule is C=CC(=O)N1CCN(C(=O)N(C)[C@H](C(=O)NS[C@H]2Cc3nc(cs3)-c3ccc4c(c3)c(c(-c3cc(N5CCN(C)CC5)cnc3[C@H](C)OC)n4CC)CC(C)(C)COC(=O)[C@@H]3CCCN(N3)C2=O)C(C)C)[C@@H]2CC[C@@H]21. The van der Waals surface area contributed by atoms with Crippen molar-refractivity contribution in [2.45, 2.75) is 122 Å². The summed E-state index contributed by atoms with van der Waals surface area (Å²) in [6, 6.07) is 6.67. The number of anilines is 1. The summed E-state index contributed by atoms with van der Waals surface area (Å²) in [7, 11) is 5.52. The van der Waals surface area contributed by atoms with E-state index in [0.717, 1.165) is 101 Å². The van der Waals surface area contributed by atoms with E-state index in [4.69, 9.17) is 19.4 Å². The van der Waals surface area contributed by atoms with E-state index < -0.39 is 34.6 Å². The fourth-order valence-corrected chi connectivity index (χ4v) is 13.4. The Kier molecular flexibility index (Phi) is 16.3. The lowest BCUT2D eigenvalue weighted by Gasteiger charge is -2.54. The zero-order valence-electron chi connectivity index (χ0n) is 45.1. The van der Waals surface area contributed by atoms with Crippen molar-refractivity contribution in [3.8, 4) is 22.5 Å². The Balaban J connectivity index is 1.05. The predicted molar refractivity (Wildman–Crippen MR) is 294 cm³/mol. The van der Waals surface area contributed by atoms with Crippen molar-refractivity contribution in [1.82, 2.24) is 49.3 Å². The number of thiazole rings is 1. The third-order valence-electron chi connectivity index (χ3n) is 15.9. The first-order chi connectivity index (χ1) is 35.9. The van der Waals surface area contributed by atoms with Gasteiger partial charge in [-0.15, -0.1) is 11.3 Å². The maximum atomic E-state index is 14.7. The van der Waals surface area contributed by atoms with E-state index in [-0.39, 0.29) is 55.0 Å². The average Bonchev–Trinajstić information content (AvgIpc) is 4.00. The molecule has 9 rings (SSSR count). The molecule has 3 aromatic heterocycles. The van der Waals surface area contributed by atoms with Gasteiger partial charge in [0, 0.05) is 106 Å². The highest BCUT2D eigenvalue weighted by atomic mass is 32.2. The first kappa shape index (κ1) is 54.3. The summed E-state index contributed by atoms with van der Waals surface area (Å²) in [6.07, 6.45) is 6.40. The number of rotatable bonds is 11. The van der Waals surface area contributed by atoms with E-state index in [1.807, 2.05) is 32.3 Å². The molecule has 2 N–H and O–H groups in total. The Morgan fingerprint density at radius 3 is 2.47 bits per heavy atom. The van der Waals surface area contributed by atoms with Gasteiger partial charge < -0.3 is 38.5 Å². The molecular formula is C55H75N11O7S2. The molecule has 6 atom stereocenters. The highest BCUT2D eigenvalue weighted by Gasteiger charge is 2.48. The fourth-order valence-electron chi connectivity index (χ4n) is 11.6. The van der Waals surface area contributed by atoms with Crippen molar-refractivity contribution in [1.29, 1.82) is 0 Å². The summed E-state index contributed by atoms with van der Waals surface area (Å²) in [6.45, 7) is 21.6. The van der Waals surface area contributed by atoms with Crippen LogP contribution in [0.25, 0.3) is 33.4 Å². The maximum absolute atomic E-state index is 14.7. The quantitative estimate of drug-likeness (QED) is 0.0942. The largest absolute Gasteiger partial charge is 0.464 e. The second-order valence-corrected chi connectivity index (χ2v) is 23.9. The van der Waals surface area contributed by atoms with Crippen molar-refractivity contribution < 1.29 is 33.4 Å². The number of nitrogens with one attached hydrogen (secondary N) is 2. The van der Waals surface area contributed by atoms with Crippen LogP contribution in [-0.2, 0) is 48.0 Å². The molecule has 4 aliphatic heterocycles. The number of amides is 5. The number of benzene rings is 1. The molecule has 0 spiro atoms. The number of piperazine rings is 2. The van der Waals surface area contributed by atoms with Gasteiger partial charge in [0.1, 0.15) is 17.3 Å². The zero-order valence-corrected chi connectivity index (χ0v) is 46.7. The molecule has 7 heterocycles. The monoisotopic (exact) mass is 1070 g/mol. The van der Waals surface area contributed by atoms with Gasteiger partial charge in [-0.05, 0) is 101 Å². The number of aryl methyl sites for hydroxylation is 1. The third-order valence-corrected chi connectivity index (χ3v) is 17.8. The van der Waals surface area contributed by atoms with E-state index in [2.05, 4.69) is 83.2 Å². The zero-order chi connectivity index (χ0) is 53.5. The van der Waals surface area contributed by atoms with Gasteiger partial charge in [-0.3, -0.25) is 33.9 Å². The number of hydrogen-bond donors (Lipinski definition) is 2. The van der Waals surface area contributed by atoms with E-state index in [0.29, 0.717) is 50.4 Å². The minimum absolute atomic E-state index is 0.0799. The molecular weight excluding hydrogens is 991 g/mol. The first-order valence-corrected chi connectivity index (χ1v) is 28.4. The van der Waals surface area contributed by atoms with E-state index >= 15 is 0 Å². The van der Waals surface area contributed by atoms with Crippen LogP contribution < -0.4 is 15.0 Å². The van der Waals surface area contributed by atoms with E-state index in [9.17, 15) is 24.0 Å². The summed E-state index contributed by atoms with van der Waals surface area (Å²) >= 11 is 2.46. The highest BCUT2D eigenvalue weighted by molar-refractivity contribution is 7.99. The second-order valence-electron chi connectivity index (χ2n) is 22.0. The smallest absolute Gasteiger partial charge is 0.324 e. The fraction of sp³-hybridized carbons (Fsp3) is 0.582. The first-order valence-electron chi connectivity index (χ1n) is 26.6. The Morgan fingerprint density at radius 2 is 1.77 bits per heavy atom. The van der Waals surface area contributed by atoms with Gasteiger partial charge in [-0.2, -0.15) is 0 Å². The van der Waals surface area contributed by atoms with E-state index in [1.165, 1.54) is 27.3 Å². The number of urea groups is 1. The molecule has 1 aliphatic carbocycles. The van der Waals surface area contributed by atoms with Gasteiger partial charge in [-0.25, -0.2) is 15.2 Å². The molecule has 4 aromatic rings. The van der Waals surface area contributed by atoms with Gasteiger partial charge >= 0.3 is 12.0 Å². The minimum Gasteiger partial charge on any atom is -0.464 e. The van der Waals surface area contributed by atoms with Gasteiger partial charge in [0.25, 0.3) is 11.8 Å². The molecule has 1 saturated carbocycles. The Morgan fingerprint density at radius 1 is 1.04 bits per heavy atom. The lowest BCUT2D eigenvalue weighted by atomic mass is 9.81. The lowest BCUT2D eigenvalue weighted by Crippen LogP contribution is -2.69. The van der Waals surface area contributed by atoms with Crippen LogP contribution in [0.15, 0.2) is 48.5 Å². The van der Waals surface area contributed by atoms with Crippen LogP contribution in [0.1, 0.15) is 89.6 Å². The van der Waals surface area contributed by atoms with Crippen molar-refractivity contribution in [3.63, 3.8) is 0 Å². The number of nitrogens with zero attached hydrogens (tertiary/aromatic N) is 9. The third kappa shape index (κ3) is 11.0. The van der Waals surface area contributed by atoms with Gasteiger partial charge in [-0.1, -0.05) is 40.3 Å². The maximum Gasteiger partial charge on any atom is 0.324 e. The van der Waals surface area contributed by atoms with Crippen LogP contribution in [0.3, 0.4) is 0 Å². The number of carbonyl (C=O) groups is 5. The molecule has 4 fully saturated rings. The Labute approximate surface area is 449 Å². The van der Waals surface area contributed by atoms with Crippen LogP contribution in [0.4, 0.5) is 10.5 Å². The number of methoxy groups -OCH3 is 1. The summed E-state index contributed by atoms with van der Waals surface area (Å²) in [4.78, 5) is 90.1. The number of aromatic nitrogens is 3. The lowest BCUT2D eigenvalue weighted by molar-refractivity contribution is -0.154. The molecule has 18 nitrogen and oxygen atoms in total. The molecule has 0 unspecified atom stereocenters. The Hall–Kier alpha value is -5.54. The molecule has 1 aromatic carbocycles. The van der Waals surface area contributed by atoms with Crippen molar-refractivity contribution >= 4 is 69.6 Å². The van der Waals surface area contributed by atoms with Gasteiger partial charge in [0.15, 0.2) is 0 Å². The summed E-state index contributed by atoms with van der Waals surface area (Å²) < 4.78 is 17.6. The number of ether oxygens (including phenoxy) is 2. The standard InChI is InChI=1S/C55H75N11O7S2/c1-11-47(67)64-24-25-65(44-18-17-43(44)64)54(71)61(9)49(33(3)4)51(68)59-75-45-28-46-57-41(31-74-46)35-15-16-42-37(26-35)39(29-55(6,7)32-73-53(70)40-14-13-19-66(58-40)52(45)69)50(63(42)12-2)38-27-36(30-56-48(38)34(5)72-10)62-22-20-60(8)21-23-62/h11,15-16,26-27,30-31,33-34,40,43-45,49,58H,1,12-14,17-25,28-29,32H2,2-10H3,(H,59,68)/t34-,40-,43-,44+,45-,49-/m0/s1. The van der Waals surface area contributed by atoms with E-state index in [1.54, 1.807) is 24.0 Å².